The molecule has 1 saturated carbocycles. The van der Waals surface area contributed by atoms with E-state index in [9.17, 15) is 14.7 Å². The maximum atomic E-state index is 12.9. The summed E-state index contributed by atoms with van der Waals surface area (Å²) in [5.74, 6) is 0.0948. The Bertz CT molecular complexity index is 938. The average Bonchev–Trinajstić information content (AvgIpc) is 2.80. The first-order valence-corrected chi connectivity index (χ1v) is 11.4. The summed E-state index contributed by atoms with van der Waals surface area (Å²) in [6.45, 7) is 1.68. The number of methoxy groups -OCH3 is 1. The highest BCUT2D eigenvalue weighted by molar-refractivity contribution is 6.03. The first kappa shape index (κ1) is 21.6. The highest BCUT2D eigenvalue weighted by Crippen LogP contribution is 2.30. The second-order valence-corrected chi connectivity index (χ2v) is 8.92. The van der Waals surface area contributed by atoms with Gasteiger partial charge in [-0.3, -0.25) is 14.5 Å². The molecule has 0 aromatic heterocycles. The second-order valence-electron chi connectivity index (χ2n) is 8.92. The van der Waals surface area contributed by atoms with E-state index in [1.54, 1.807) is 12.1 Å². The van der Waals surface area contributed by atoms with Crippen molar-refractivity contribution in [3.8, 4) is 5.75 Å². The molecule has 1 aliphatic carbocycles. The number of hydrogen-bond donors (Lipinski definition) is 2. The van der Waals surface area contributed by atoms with E-state index in [1.165, 1.54) is 39.2 Å². The first-order valence-electron chi connectivity index (χ1n) is 11.4. The molecule has 0 spiro atoms. The van der Waals surface area contributed by atoms with Gasteiger partial charge in [-0.2, -0.15) is 0 Å². The van der Waals surface area contributed by atoms with Crippen LogP contribution in [0.3, 0.4) is 0 Å². The number of likely N-dealkylation sites (tertiary alicyclic amines) is 1. The van der Waals surface area contributed by atoms with Crippen molar-refractivity contribution in [1.29, 1.82) is 0 Å². The summed E-state index contributed by atoms with van der Waals surface area (Å²) in [6, 6.07) is 10.5. The van der Waals surface area contributed by atoms with E-state index in [4.69, 9.17) is 4.74 Å². The van der Waals surface area contributed by atoms with E-state index in [2.05, 4.69) is 10.2 Å². The van der Waals surface area contributed by atoms with Gasteiger partial charge in [0.05, 0.1) is 12.7 Å². The van der Waals surface area contributed by atoms with Gasteiger partial charge in [-0.1, -0.05) is 49.6 Å². The van der Waals surface area contributed by atoms with Gasteiger partial charge in [-0.15, -0.1) is 0 Å². The Balaban J connectivity index is 1.44. The minimum atomic E-state index is -0.337. The molecule has 0 bridgehead atoms. The number of ether oxygens (including phenoxy) is 1. The Morgan fingerprint density at radius 3 is 2.65 bits per heavy atom. The van der Waals surface area contributed by atoms with Crippen LogP contribution in [0.2, 0.25) is 0 Å². The summed E-state index contributed by atoms with van der Waals surface area (Å²) < 4.78 is 5.08. The SMILES string of the molecule is COC(=O)[C@@H]1C[C@H](NC(=O)c2ccc3ccccc3c2O)CCN1CC1CCCCC1. The maximum Gasteiger partial charge on any atom is 0.323 e. The monoisotopic (exact) mass is 424 g/mol. The fraction of sp³-hybridized carbons (Fsp3) is 0.520. The highest BCUT2D eigenvalue weighted by atomic mass is 16.5. The average molecular weight is 425 g/mol. The lowest BCUT2D eigenvalue weighted by molar-refractivity contribution is -0.149. The Morgan fingerprint density at radius 2 is 1.87 bits per heavy atom. The number of phenolic OH excluding ortho intramolecular Hbond substituents is 1. The predicted molar refractivity (Wildman–Crippen MR) is 120 cm³/mol. The number of esters is 1. The molecule has 2 fully saturated rings. The molecule has 1 heterocycles. The van der Waals surface area contributed by atoms with Gasteiger partial charge < -0.3 is 15.2 Å². The van der Waals surface area contributed by atoms with Crippen LogP contribution >= 0.6 is 0 Å². The number of hydrogen-bond acceptors (Lipinski definition) is 5. The molecule has 1 aliphatic heterocycles. The van der Waals surface area contributed by atoms with E-state index in [0.717, 1.165) is 24.9 Å². The standard InChI is InChI=1S/C25H32N2O4/c1-31-25(30)22-15-19(13-14-27(22)16-17-7-3-2-4-8-17)26-24(29)21-12-11-18-9-5-6-10-20(18)23(21)28/h5-6,9-12,17,19,22,28H,2-4,7-8,13-16H2,1H3,(H,26,29)/t19-,22+/m1/s1. The number of nitrogens with zero attached hydrogens (tertiary/aromatic N) is 1. The van der Waals surface area contributed by atoms with E-state index < -0.39 is 0 Å². The molecule has 1 amide bonds. The minimum Gasteiger partial charge on any atom is -0.506 e. The Hall–Kier alpha value is -2.60. The highest BCUT2D eigenvalue weighted by Gasteiger charge is 2.36. The molecule has 2 aliphatic rings. The number of benzene rings is 2. The lowest BCUT2D eigenvalue weighted by Gasteiger charge is -2.40. The number of rotatable bonds is 5. The molecule has 4 rings (SSSR count). The fourth-order valence-electron chi connectivity index (χ4n) is 5.15. The van der Waals surface area contributed by atoms with Gasteiger partial charge in [0, 0.05) is 24.5 Å². The molecule has 6 heteroatoms. The van der Waals surface area contributed by atoms with Gasteiger partial charge in [0.2, 0.25) is 0 Å². The van der Waals surface area contributed by atoms with Crippen molar-refractivity contribution in [3.63, 3.8) is 0 Å². The van der Waals surface area contributed by atoms with Crippen molar-refractivity contribution < 1.29 is 19.4 Å². The lowest BCUT2D eigenvalue weighted by Crippen LogP contribution is -2.54. The summed E-state index contributed by atoms with van der Waals surface area (Å²) in [7, 11) is 1.43. The number of carbonyl (C=O) groups is 2. The molecule has 166 valence electrons. The summed E-state index contributed by atoms with van der Waals surface area (Å²) in [6.07, 6.45) is 7.62. The van der Waals surface area contributed by atoms with Crippen molar-refractivity contribution in [2.75, 3.05) is 20.2 Å². The zero-order valence-electron chi connectivity index (χ0n) is 18.2. The zero-order chi connectivity index (χ0) is 21.8. The van der Waals surface area contributed by atoms with E-state index in [0.29, 0.717) is 17.7 Å². The quantitative estimate of drug-likeness (QED) is 0.713. The van der Waals surface area contributed by atoms with Gasteiger partial charge in [0.25, 0.3) is 5.91 Å². The molecule has 0 radical (unpaired) electrons. The Morgan fingerprint density at radius 1 is 1.10 bits per heavy atom. The van der Waals surface area contributed by atoms with E-state index >= 15 is 0 Å². The number of phenols is 1. The van der Waals surface area contributed by atoms with Gasteiger partial charge in [-0.25, -0.2) is 0 Å². The Kier molecular flexibility index (Phi) is 6.76. The molecule has 1 saturated heterocycles. The zero-order valence-corrected chi connectivity index (χ0v) is 18.2. The number of fused-ring (bicyclic) bond motifs is 1. The molecule has 2 N–H and O–H groups in total. The van der Waals surface area contributed by atoms with Gasteiger partial charge >= 0.3 is 5.97 Å². The summed E-state index contributed by atoms with van der Waals surface area (Å²) >= 11 is 0. The van der Waals surface area contributed by atoms with Gasteiger partial charge in [0.15, 0.2) is 0 Å². The third kappa shape index (κ3) is 4.85. The van der Waals surface area contributed by atoms with E-state index in [-0.39, 0.29) is 35.3 Å². The van der Waals surface area contributed by atoms with Crippen molar-refractivity contribution in [1.82, 2.24) is 10.2 Å². The van der Waals surface area contributed by atoms with Crippen LogP contribution in [0.4, 0.5) is 0 Å². The third-order valence-electron chi connectivity index (χ3n) is 6.88. The minimum absolute atomic E-state index is 0.00477. The smallest absolute Gasteiger partial charge is 0.323 e. The maximum absolute atomic E-state index is 12.9. The van der Waals surface area contributed by atoms with Crippen molar-refractivity contribution in [2.24, 2.45) is 5.92 Å². The molecule has 0 unspecified atom stereocenters. The van der Waals surface area contributed by atoms with Crippen LogP contribution in [0.15, 0.2) is 36.4 Å². The van der Waals surface area contributed by atoms with Crippen LogP contribution in [-0.2, 0) is 9.53 Å². The van der Waals surface area contributed by atoms with Crippen molar-refractivity contribution >= 4 is 22.6 Å². The molecule has 2 atom stereocenters. The topological polar surface area (TPSA) is 78.9 Å². The Labute approximate surface area is 183 Å². The summed E-state index contributed by atoms with van der Waals surface area (Å²) in [4.78, 5) is 27.7. The lowest BCUT2D eigenvalue weighted by atomic mass is 9.87. The molecular formula is C25H32N2O4. The van der Waals surface area contributed by atoms with Crippen LogP contribution in [0.5, 0.6) is 5.75 Å². The number of aromatic hydroxyl groups is 1. The fourth-order valence-corrected chi connectivity index (χ4v) is 5.15. The van der Waals surface area contributed by atoms with Crippen LogP contribution in [-0.4, -0.2) is 54.2 Å². The first-order chi connectivity index (χ1) is 15.1. The van der Waals surface area contributed by atoms with Crippen molar-refractivity contribution in [3.05, 3.63) is 42.0 Å². The van der Waals surface area contributed by atoms with Crippen molar-refractivity contribution in [2.45, 2.75) is 57.0 Å². The largest absolute Gasteiger partial charge is 0.506 e. The second kappa shape index (κ2) is 9.69. The summed E-state index contributed by atoms with van der Waals surface area (Å²) in [5.41, 5.74) is 0.262. The van der Waals surface area contributed by atoms with Crippen LogP contribution in [0, 0.1) is 5.92 Å². The number of nitrogens with one attached hydrogen (secondary N) is 1. The van der Waals surface area contributed by atoms with Gasteiger partial charge in [0.1, 0.15) is 11.8 Å². The van der Waals surface area contributed by atoms with Gasteiger partial charge in [-0.05, 0) is 43.1 Å². The number of carbonyl (C=O) groups excluding carboxylic acids is 2. The molecule has 2 aromatic carbocycles. The number of piperidine rings is 1. The van der Waals surface area contributed by atoms with E-state index in [1.807, 2.05) is 24.3 Å². The molecular weight excluding hydrogens is 392 g/mol. The normalized spacial score (nSPS) is 22.9. The van der Waals surface area contributed by atoms with Crippen LogP contribution in [0.25, 0.3) is 10.8 Å². The number of amides is 1. The molecule has 6 nitrogen and oxygen atoms in total. The van der Waals surface area contributed by atoms with Crippen LogP contribution < -0.4 is 5.32 Å². The predicted octanol–water partition coefficient (Wildman–Crippen LogP) is 3.86. The summed E-state index contributed by atoms with van der Waals surface area (Å²) in [5, 5.41) is 15.2. The molecule has 2 aromatic rings. The molecule has 31 heavy (non-hydrogen) atoms. The third-order valence-corrected chi connectivity index (χ3v) is 6.88. The van der Waals surface area contributed by atoms with Crippen LogP contribution in [0.1, 0.15) is 55.3 Å².